The molecule has 0 amide bonds. The van der Waals surface area contributed by atoms with Crippen LogP contribution in [0.2, 0.25) is 0 Å². The van der Waals surface area contributed by atoms with Gasteiger partial charge in [0.25, 0.3) is 0 Å². The highest BCUT2D eigenvalue weighted by molar-refractivity contribution is 6.36. The predicted octanol–water partition coefficient (Wildman–Crippen LogP) is 1.09. The molecule has 1 saturated heterocycles. The van der Waals surface area contributed by atoms with Crippen LogP contribution in [0.5, 0.6) is 0 Å². The first kappa shape index (κ1) is 8.95. The van der Waals surface area contributed by atoms with Crippen LogP contribution in [0.1, 0.15) is 12.8 Å². The van der Waals surface area contributed by atoms with Gasteiger partial charge in [-0.2, -0.15) is 0 Å². The average Bonchev–Trinajstić information content (AvgIpc) is 2.16. The maximum atomic E-state index is 7.11. The lowest BCUT2D eigenvalue weighted by Gasteiger charge is -2.16. The van der Waals surface area contributed by atoms with Crippen molar-refractivity contribution in [1.29, 1.82) is 10.8 Å². The second-order valence-corrected chi connectivity index (χ2v) is 2.71. The van der Waals surface area contributed by atoms with E-state index < -0.39 is 0 Å². The molecule has 0 saturated carbocycles. The van der Waals surface area contributed by atoms with Crippen molar-refractivity contribution in [3.63, 3.8) is 0 Å². The normalized spacial score (nSPS) is 17.7. The third-order valence-electron chi connectivity index (χ3n) is 1.78. The first-order chi connectivity index (χ1) is 5.83. The minimum Gasteiger partial charge on any atom is -0.381 e. The first-order valence-electron chi connectivity index (χ1n) is 4.01. The zero-order valence-corrected chi connectivity index (χ0v) is 6.89. The van der Waals surface area contributed by atoms with E-state index in [1.807, 2.05) is 0 Å². The molecule has 1 rings (SSSR count). The molecule has 0 spiro atoms. The molecule has 0 atom stereocenters. The smallest absolute Gasteiger partial charge is 0.122 e. The fraction of sp³-hybridized carbons (Fsp3) is 0.556. The topological polar surface area (TPSA) is 56.9 Å². The van der Waals surface area contributed by atoms with Crippen LogP contribution in [-0.4, -0.2) is 25.1 Å². The molecule has 3 nitrogen and oxygen atoms in total. The van der Waals surface area contributed by atoms with Gasteiger partial charge in [0.2, 0.25) is 0 Å². The SMILES string of the molecule is N=CC(=N)C#CC1CCOCC1. The Morgan fingerprint density at radius 2 is 2.08 bits per heavy atom. The highest BCUT2D eigenvalue weighted by Gasteiger charge is 2.09. The molecule has 1 fully saturated rings. The molecule has 0 bridgehead atoms. The Kier molecular flexibility index (Phi) is 3.49. The quantitative estimate of drug-likeness (QED) is 0.442. The van der Waals surface area contributed by atoms with Crippen molar-refractivity contribution in [1.82, 2.24) is 0 Å². The Labute approximate surface area is 72.1 Å². The molecule has 0 unspecified atom stereocenters. The lowest BCUT2D eigenvalue weighted by molar-refractivity contribution is 0.0807. The second-order valence-electron chi connectivity index (χ2n) is 2.71. The molecule has 0 aromatic heterocycles. The van der Waals surface area contributed by atoms with Crippen molar-refractivity contribution in [2.45, 2.75) is 12.8 Å². The van der Waals surface area contributed by atoms with Gasteiger partial charge >= 0.3 is 0 Å². The molecule has 3 heteroatoms. The van der Waals surface area contributed by atoms with E-state index in [1.54, 1.807) is 0 Å². The summed E-state index contributed by atoms with van der Waals surface area (Å²) < 4.78 is 5.17. The van der Waals surface area contributed by atoms with E-state index in [-0.39, 0.29) is 5.71 Å². The van der Waals surface area contributed by atoms with Crippen molar-refractivity contribution in [3.05, 3.63) is 0 Å². The second kappa shape index (κ2) is 4.68. The Morgan fingerprint density at radius 3 is 2.67 bits per heavy atom. The summed E-state index contributed by atoms with van der Waals surface area (Å²) in [6.45, 7) is 1.55. The van der Waals surface area contributed by atoms with Gasteiger partial charge in [-0.1, -0.05) is 5.92 Å². The number of ether oxygens (including phenoxy) is 1. The van der Waals surface area contributed by atoms with E-state index in [1.165, 1.54) is 0 Å². The van der Waals surface area contributed by atoms with E-state index >= 15 is 0 Å². The van der Waals surface area contributed by atoms with E-state index in [2.05, 4.69) is 11.8 Å². The highest BCUT2D eigenvalue weighted by Crippen LogP contribution is 2.12. The summed E-state index contributed by atoms with van der Waals surface area (Å²) in [6, 6.07) is 0. The van der Waals surface area contributed by atoms with Gasteiger partial charge in [-0.05, 0) is 18.8 Å². The maximum Gasteiger partial charge on any atom is 0.122 e. The van der Waals surface area contributed by atoms with Crippen LogP contribution < -0.4 is 0 Å². The van der Waals surface area contributed by atoms with Crippen LogP contribution in [-0.2, 0) is 4.74 Å². The fourth-order valence-corrected chi connectivity index (χ4v) is 1.06. The number of rotatable bonds is 1. The molecule has 64 valence electrons. The van der Waals surface area contributed by atoms with Crippen molar-refractivity contribution < 1.29 is 4.74 Å². The van der Waals surface area contributed by atoms with E-state index in [0.29, 0.717) is 5.92 Å². The molecule has 1 aliphatic heterocycles. The summed E-state index contributed by atoms with van der Waals surface area (Å²) in [6.07, 6.45) is 2.88. The summed E-state index contributed by atoms with van der Waals surface area (Å²) in [7, 11) is 0. The Bertz CT molecular complexity index is 231. The lowest BCUT2D eigenvalue weighted by atomic mass is 10.0. The van der Waals surface area contributed by atoms with Gasteiger partial charge in [-0.3, -0.25) is 5.41 Å². The van der Waals surface area contributed by atoms with Crippen molar-refractivity contribution in [2.75, 3.05) is 13.2 Å². The van der Waals surface area contributed by atoms with E-state index in [0.717, 1.165) is 32.3 Å². The third-order valence-corrected chi connectivity index (χ3v) is 1.78. The van der Waals surface area contributed by atoms with Gasteiger partial charge in [0.05, 0.1) is 6.21 Å². The molecular weight excluding hydrogens is 152 g/mol. The summed E-state index contributed by atoms with van der Waals surface area (Å²) in [4.78, 5) is 0. The van der Waals surface area contributed by atoms with Gasteiger partial charge in [0.1, 0.15) is 5.71 Å². The molecule has 0 radical (unpaired) electrons. The fourth-order valence-electron chi connectivity index (χ4n) is 1.06. The van der Waals surface area contributed by atoms with Crippen LogP contribution >= 0.6 is 0 Å². The van der Waals surface area contributed by atoms with Crippen molar-refractivity contribution in [2.24, 2.45) is 5.92 Å². The van der Waals surface area contributed by atoms with Crippen LogP contribution in [0, 0.1) is 28.6 Å². The van der Waals surface area contributed by atoms with Crippen LogP contribution in [0.15, 0.2) is 0 Å². The zero-order valence-electron chi connectivity index (χ0n) is 6.89. The predicted molar refractivity (Wildman–Crippen MR) is 47.8 cm³/mol. The molecule has 0 aliphatic carbocycles. The highest BCUT2D eigenvalue weighted by atomic mass is 16.5. The molecule has 2 N–H and O–H groups in total. The monoisotopic (exact) mass is 164 g/mol. The van der Waals surface area contributed by atoms with Crippen molar-refractivity contribution >= 4 is 11.9 Å². The van der Waals surface area contributed by atoms with E-state index in [4.69, 9.17) is 15.6 Å². The number of hydrogen-bond donors (Lipinski definition) is 2. The standard InChI is InChI=1S/C9H12N2O/c10-7-9(11)2-1-8-3-5-12-6-4-8/h7-8,10-11H,3-6H2. The van der Waals surface area contributed by atoms with Crippen LogP contribution in [0.4, 0.5) is 0 Å². The molecule has 12 heavy (non-hydrogen) atoms. The van der Waals surface area contributed by atoms with Crippen molar-refractivity contribution in [3.8, 4) is 11.8 Å². The Morgan fingerprint density at radius 1 is 1.42 bits per heavy atom. The Balaban J connectivity index is 2.40. The summed E-state index contributed by atoms with van der Waals surface area (Å²) in [5.41, 5.74) is 0.0847. The molecule has 1 aliphatic rings. The minimum absolute atomic E-state index is 0.0847. The Hall–Kier alpha value is -1.14. The van der Waals surface area contributed by atoms with E-state index in [9.17, 15) is 0 Å². The molecular formula is C9H12N2O. The van der Waals surface area contributed by atoms with Gasteiger partial charge < -0.3 is 10.1 Å². The van der Waals surface area contributed by atoms with Crippen LogP contribution in [0.25, 0.3) is 0 Å². The number of hydrogen-bond acceptors (Lipinski definition) is 3. The van der Waals surface area contributed by atoms with Gasteiger partial charge in [0.15, 0.2) is 0 Å². The summed E-state index contributed by atoms with van der Waals surface area (Å²) >= 11 is 0. The molecule has 1 heterocycles. The van der Waals surface area contributed by atoms with Crippen LogP contribution in [0.3, 0.4) is 0 Å². The maximum absolute atomic E-state index is 7.11. The lowest BCUT2D eigenvalue weighted by Crippen LogP contribution is -2.14. The van der Waals surface area contributed by atoms with Gasteiger partial charge in [-0.25, -0.2) is 0 Å². The average molecular weight is 164 g/mol. The summed E-state index contributed by atoms with van der Waals surface area (Å²) in [5.74, 6) is 5.96. The third kappa shape index (κ3) is 2.85. The zero-order chi connectivity index (χ0) is 8.81. The summed E-state index contributed by atoms with van der Waals surface area (Å²) in [5, 5.41) is 13.9. The largest absolute Gasteiger partial charge is 0.381 e. The first-order valence-corrected chi connectivity index (χ1v) is 4.01. The number of nitrogens with one attached hydrogen (secondary N) is 2. The van der Waals surface area contributed by atoms with Gasteiger partial charge in [-0.15, -0.1) is 0 Å². The molecule has 0 aromatic rings. The van der Waals surface area contributed by atoms with Gasteiger partial charge in [0, 0.05) is 19.1 Å². The minimum atomic E-state index is 0.0847. The molecule has 0 aromatic carbocycles.